The molecule has 3 nitrogen and oxygen atoms in total. The molecule has 0 aromatic carbocycles. The van der Waals surface area contributed by atoms with Crippen molar-refractivity contribution in [2.24, 2.45) is 12.0 Å². The zero-order valence-electron chi connectivity index (χ0n) is 6.32. The zero-order chi connectivity index (χ0) is 8.10. The van der Waals surface area contributed by atoms with Gasteiger partial charge < -0.3 is 0 Å². The average molecular weight is 167 g/mol. The van der Waals surface area contributed by atoms with E-state index in [0.717, 1.165) is 6.42 Å². The maximum atomic E-state index is 4.44. The first kappa shape index (κ1) is 8.11. The number of aryl methyl sites for hydroxylation is 1. The van der Waals surface area contributed by atoms with Crippen molar-refractivity contribution in [1.29, 1.82) is 0 Å². The quantitative estimate of drug-likeness (QED) is 0.498. The highest BCUT2D eigenvalue weighted by molar-refractivity contribution is 7.78. The van der Waals surface area contributed by atoms with Crippen molar-refractivity contribution in [3.05, 3.63) is 18.0 Å². The van der Waals surface area contributed by atoms with Crippen LogP contribution in [0.4, 0.5) is 0 Å². The number of aliphatic imine (C=N–C) groups is 1. The summed E-state index contributed by atoms with van der Waals surface area (Å²) < 4.78 is 1.77. The van der Waals surface area contributed by atoms with Gasteiger partial charge in [0.05, 0.1) is 17.9 Å². The first-order valence-corrected chi connectivity index (χ1v) is 3.75. The first-order valence-electron chi connectivity index (χ1n) is 3.34. The summed E-state index contributed by atoms with van der Waals surface area (Å²) in [5, 5.41) is 6.35. The molecule has 0 N–H and O–H groups in total. The molecule has 0 saturated carbocycles. The third-order valence-electron chi connectivity index (χ3n) is 1.34. The maximum Gasteiger partial charge on any atom is 0.0585 e. The van der Waals surface area contributed by atoms with Crippen molar-refractivity contribution in [3.8, 4) is 0 Å². The summed E-state index contributed by atoms with van der Waals surface area (Å²) in [5.74, 6) is 0. The number of hydrogen-bond donors (Lipinski definition) is 0. The van der Waals surface area contributed by atoms with Gasteiger partial charge in [0.2, 0.25) is 0 Å². The predicted molar refractivity (Wildman–Crippen MR) is 46.8 cm³/mol. The van der Waals surface area contributed by atoms with Gasteiger partial charge in [-0.3, -0.25) is 4.68 Å². The number of isothiocyanates is 1. The van der Waals surface area contributed by atoms with E-state index in [2.05, 4.69) is 27.5 Å². The molecule has 0 aliphatic carbocycles. The summed E-state index contributed by atoms with van der Waals surface area (Å²) in [4.78, 5) is 3.80. The van der Waals surface area contributed by atoms with Crippen LogP contribution in [0.1, 0.15) is 5.56 Å². The molecule has 0 atom stereocenters. The Morgan fingerprint density at radius 1 is 1.82 bits per heavy atom. The minimum Gasteiger partial charge on any atom is -0.276 e. The summed E-state index contributed by atoms with van der Waals surface area (Å²) in [6.45, 7) is 0.704. The Hall–Kier alpha value is -0.990. The number of hydrogen-bond acceptors (Lipinski definition) is 3. The molecule has 1 rings (SSSR count). The van der Waals surface area contributed by atoms with Crippen LogP contribution < -0.4 is 0 Å². The van der Waals surface area contributed by atoms with Gasteiger partial charge in [0.15, 0.2) is 0 Å². The van der Waals surface area contributed by atoms with Gasteiger partial charge in [0, 0.05) is 13.2 Å². The van der Waals surface area contributed by atoms with Gasteiger partial charge in [-0.1, -0.05) is 0 Å². The van der Waals surface area contributed by atoms with Gasteiger partial charge in [0.25, 0.3) is 0 Å². The van der Waals surface area contributed by atoms with Gasteiger partial charge >= 0.3 is 0 Å². The molecule has 58 valence electrons. The molecule has 4 heteroatoms. The Morgan fingerprint density at radius 3 is 3.18 bits per heavy atom. The Morgan fingerprint density at radius 2 is 2.64 bits per heavy atom. The fourth-order valence-electron chi connectivity index (χ4n) is 0.832. The zero-order valence-corrected chi connectivity index (χ0v) is 7.14. The molecule has 0 radical (unpaired) electrons. The molecule has 0 aliphatic heterocycles. The van der Waals surface area contributed by atoms with Crippen LogP contribution in [-0.4, -0.2) is 21.5 Å². The highest BCUT2D eigenvalue weighted by atomic mass is 32.1. The summed E-state index contributed by atoms with van der Waals surface area (Å²) in [7, 11) is 1.89. The van der Waals surface area contributed by atoms with Crippen LogP contribution in [0.25, 0.3) is 0 Å². The third-order valence-corrected chi connectivity index (χ3v) is 1.46. The van der Waals surface area contributed by atoms with E-state index in [1.54, 1.807) is 4.68 Å². The third kappa shape index (κ3) is 2.62. The van der Waals surface area contributed by atoms with E-state index in [-0.39, 0.29) is 0 Å². The second-order valence-electron chi connectivity index (χ2n) is 2.25. The summed E-state index contributed by atoms with van der Waals surface area (Å²) in [6.07, 6.45) is 4.69. The largest absolute Gasteiger partial charge is 0.276 e. The van der Waals surface area contributed by atoms with Crippen molar-refractivity contribution < 1.29 is 0 Å². The summed E-state index contributed by atoms with van der Waals surface area (Å²) >= 11 is 4.44. The predicted octanol–water partition coefficient (Wildman–Crippen LogP) is 1.07. The Kier molecular flexibility index (Phi) is 2.95. The van der Waals surface area contributed by atoms with Crippen LogP contribution in [0, 0.1) is 0 Å². The van der Waals surface area contributed by atoms with Crippen LogP contribution in [-0.2, 0) is 13.5 Å². The molecular weight excluding hydrogens is 158 g/mol. The van der Waals surface area contributed by atoms with Crippen molar-refractivity contribution in [2.75, 3.05) is 6.54 Å². The standard InChI is InChI=1S/C7H9N3S/c1-10-5-7(4-9-10)2-3-8-6-11/h4-5H,2-3H2,1H3. The van der Waals surface area contributed by atoms with Gasteiger partial charge in [-0.2, -0.15) is 5.10 Å². The van der Waals surface area contributed by atoms with Crippen molar-refractivity contribution in [3.63, 3.8) is 0 Å². The van der Waals surface area contributed by atoms with E-state index in [4.69, 9.17) is 0 Å². The molecule has 0 aliphatic rings. The van der Waals surface area contributed by atoms with Crippen LogP contribution in [0.3, 0.4) is 0 Å². The topological polar surface area (TPSA) is 30.2 Å². The number of aromatic nitrogens is 2. The Bertz CT molecular complexity index is 273. The molecule has 0 fully saturated rings. The number of rotatable bonds is 3. The molecule has 0 spiro atoms. The molecule has 0 unspecified atom stereocenters. The van der Waals surface area contributed by atoms with Crippen molar-refractivity contribution in [1.82, 2.24) is 9.78 Å². The van der Waals surface area contributed by atoms with E-state index >= 15 is 0 Å². The van der Waals surface area contributed by atoms with E-state index in [0.29, 0.717) is 6.54 Å². The van der Waals surface area contributed by atoms with Crippen LogP contribution >= 0.6 is 12.2 Å². The van der Waals surface area contributed by atoms with Gasteiger partial charge in [-0.05, 0) is 24.2 Å². The normalized spacial score (nSPS) is 9.18. The van der Waals surface area contributed by atoms with Crippen molar-refractivity contribution >= 4 is 17.4 Å². The second-order valence-corrected chi connectivity index (χ2v) is 2.43. The minimum atomic E-state index is 0.704. The molecule has 0 bridgehead atoms. The lowest BCUT2D eigenvalue weighted by molar-refractivity contribution is 0.766. The monoisotopic (exact) mass is 167 g/mol. The highest BCUT2D eigenvalue weighted by Crippen LogP contribution is 1.96. The van der Waals surface area contributed by atoms with Crippen LogP contribution in [0.2, 0.25) is 0 Å². The van der Waals surface area contributed by atoms with Gasteiger partial charge in [-0.25, -0.2) is 4.99 Å². The molecule has 1 aromatic rings. The van der Waals surface area contributed by atoms with E-state index in [1.165, 1.54) is 5.56 Å². The highest BCUT2D eigenvalue weighted by Gasteiger charge is 1.93. The molecule has 1 aromatic heterocycles. The lowest BCUT2D eigenvalue weighted by Crippen LogP contribution is -1.87. The Balaban J connectivity index is 2.44. The van der Waals surface area contributed by atoms with Crippen LogP contribution in [0.5, 0.6) is 0 Å². The number of thiocarbonyl (C=S) groups is 1. The molecular formula is C7H9N3S. The first-order chi connectivity index (χ1) is 5.33. The Labute approximate surface area is 70.8 Å². The van der Waals surface area contributed by atoms with Gasteiger partial charge in [-0.15, -0.1) is 0 Å². The second kappa shape index (κ2) is 4.01. The average Bonchev–Trinajstić information content (AvgIpc) is 2.37. The lowest BCUT2D eigenvalue weighted by Gasteiger charge is -1.87. The molecule has 0 saturated heterocycles. The van der Waals surface area contributed by atoms with E-state index < -0.39 is 0 Å². The fourth-order valence-corrected chi connectivity index (χ4v) is 0.923. The summed E-state index contributed by atoms with van der Waals surface area (Å²) in [5.41, 5.74) is 1.18. The van der Waals surface area contributed by atoms with E-state index in [1.807, 2.05) is 19.4 Å². The minimum absolute atomic E-state index is 0.704. The molecule has 11 heavy (non-hydrogen) atoms. The lowest BCUT2D eigenvalue weighted by atomic mass is 10.3. The SMILES string of the molecule is Cn1cc(CCN=C=S)cn1. The van der Waals surface area contributed by atoms with Crippen molar-refractivity contribution in [2.45, 2.75) is 6.42 Å². The smallest absolute Gasteiger partial charge is 0.0585 e. The summed E-state index contributed by atoms with van der Waals surface area (Å²) in [6, 6.07) is 0. The molecule has 1 heterocycles. The number of nitrogens with zero attached hydrogens (tertiary/aromatic N) is 3. The van der Waals surface area contributed by atoms with Gasteiger partial charge in [0.1, 0.15) is 0 Å². The maximum absolute atomic E-state index is 4.44. The van der Waals surface area contributed by atoms with Crippen LogP contribution in [0.15, 0.2) is 17.4 Å². The molecule has 0 amide bonds. The fraction of sp³-hybridized carbons (Fsp3) is 0.429. The van der Waals surface area contributed by atoms with E-state index in [9.17, 15) is 0 Å².